The molecular formula is C17H19ClN2. The first-order chi connectivity index (χ1) is 9.58. The quantitative estimate of drug-likeness (QED) is 0.411. The van der Waals surface area contributed by atoms with E-state index in [1.165, 1.54) is 0 Å². The van der Waals surface area contributed by atoms with E-state index in [0.29, 0.717) is 16.7 Å². The molecule has 0 aliphatic rings. The molecule has 1 rings (SSSR count). The van der Waals surface area contributed by atoms with Crippen LogP contribution in [0.3, 0.4) is 0 Å². The highest BCUT2D eigenvalue weighted by Gasteiger charge is 2.04. The molecule has 0 saturated carbocycles. The number of benzene rings is 1. The summed E-state index contributed by atoms with van der Waals surface area (Å²) in [6, 6.07) is 9.79. The zero-order chi connectivity index (χ0) is 15.0. The molecule has 0 amide bonds. The summed E-state index contributed by atoms with van der Waals surface area (Å²) in [7, 11) is 0. The van der Waals surface area contributed by atoms with Crippen molar-refractivity contribution >= 4 is 28.3 Å². The predicted molar refractivity (Wildman–Crippen MR) is 90.4 cm³/mol. The third kappa shape index (κ3) is 4.98. The van der Waals surface area contributed by atoms with E-state index >= 15 is 0 Å². The standard InChI is InChI=1S/C17H19ClN2/c1-5-10-15(6-2)17(20-14(4)18)19-13(3)16-11-8-7-9-12-16/h5-12H,3H2,1-2,4H3/b10-5-,15-6+,19-17?,20-14?. The Labute approximate surface area is 125 Å². The van der Waals surface area contributed by atoms with Gasteiger partial charge in [0.05, 0.1) is 5.70 Å². The van der Waals surface area contributed by atoms with E-state index in [4.69, 9.17) is 11.6 Å². The van der Waals surface area contributed by atoms with Gasteiger partial charge < -0.3 is 0 Å². The molecule has 1 aromatic carbocycles. The van der Waals surface area contributed by atoms with Crippen LogP contribution in [0.2, 0.25) is 0 Å². The van der Waals surface area contributed by atoms with Crippen LogP contribution >= 0.6 is 11.6 Å². The highest BCUT2D eigenvalue weighted by Crippen LogP contribution is 2.16. The monoisotopic (exact) mass is 286 g/mol. The number of halogens is 1. The smallest absolute Gasteiger partial charge is 0.160 e. The molecule has 20 heavy (non-hydrogen) atoms. The molecule has 0 radical (unpaired) electrons. The maximum atomic E-state index is 5.89. The van der Waals surface area contributed by atoms with Crippen LogP contribution in [0.5, 0.6) is 0 Å². The average Bonchev–Trinajstić information content (AvgIpc) is 2.44. The van der Waals surface area contributed by atoms with Gasteiger partial charge in [0, 0.05) is 5.57 Å². The minimum absolute atomic E-state index is 0.438. The van der Waals surface area contributed by atoms with Gasteiger partial charge in [0.25, 0.3) is 0 Å². The van der Waals surface area contributed by atoms with Crippen LogP contribution in [0, 0.1) is 0 Å². The van der Waals surface area contributed by atoms with E-state index in [9.17, 15) is 0 Å². The summed E-state index contributed by atoms with van der Waals surface area (Å²) in [5.74, 6) is 0.562. The predicted octanol–water partition coefficient (Wildman–Crippen LogP) is 5.24. The van der Waals surface area contributed by atoms with E-state index in [-0.39, 0.29) is 0 Å². The number of nitrogens with zero attached hydrogens (tertiary/aromatic N) is 2. The van der Waals surface area contributed by atoms with Crippen molar-refractivity contribution in [2.24, 2.45) is 9.98 Å². The van der Waals surface area contributed by atoms with Crippen molar-refractivity contribution in [2.45, 2.75) is 20.8 Å². The number of aliphatic imine (C=N–C) groups is 2. The van der Waals surface area contributed by atoms with E-state index in [1.54, 1.807) is 6.92 Å². The Hall–Kier alpha value is -1.93. The summed E-state index contributed by atoms with van der Waals surface area (Å²) in [4.78, 5) is 8.79. The van der Waals surface area contributed by atoms with Crippen molar-refractivity contribution in [2.75, 3.05) is 0 Å². The number of amidine groups is 1. The SMILES string of the molecule is C=C(N=C(N=C(C)Cl)C(/C=C\C)=C/C)c1ccccc1. The number of allylic oxidation sites excluding steroid dienone is 2. The van der Waals surface area contributed by atoms with E-state index < -0.39 is 0 Å². The fraction of sp³-hybridized carbons (Fsp3) is 0.176. The van der Waals surface area contributed by atoms with Gasteiger partial charge in [0.1, 0.15) is 5.17 Å². The van der Waals surface area contributed by atoms with Crippen molar-refractivity contribution in [3.63, 3.8) is 0 Å². The van der Waals surface area contributed by atoms with Gasteiger partial charge in [-0.1, -0.05) is 66.7 Å². The lowest BCUT2D eigenvalue weighted by molar-refractivity contribution is 1.45. The normalized spacial score (nSPS) is 13.9. The molecular weight excluding hydrogens is 268 g/mol. The second kappa shape index (κ2) is 8.28. The van der Waals surface area contributed by atoms with Crippen LogP contribution in [-0.2, 0) is 0 Å². The fourth-order valence-corrected chi connectivity index (χ4v) is 1.68. The third-order valence-corrected chi connectivity index (χ3v) is 2.61. The lowest BCUT2D eigenvalue weighted by Crippen LogP contribution is -2.00. The summed E-state index contributed by atoms with van der Waals surface area (Å²) in [5, 5.41) is 0.438. The maximum absolute atomic E-state index is 5.89. The molecule has 0 fully saturated rings. The Morgan fingerprint density at radius 3 is 2.30 bits per heavy atom. The average molecular weight is 287 g/mol. The molecule has 0 aliphatic heterocycles. The molecule has 104 valence electrons. The topological polar surface area (TPSA) is 24.7 Å². The second-order valence-electron chi connectivity index (χ2n) is 4.10. The van der Waals surface area contributed by atoms with Crippen molar-refractivity contribution in [1.29, 1.82) is 0 Å². The highest BCUT2D eigenvalue weighted by atomic mass is 35.5. The lowest BCUT2D eigenvalue weighted by atomic mass is 10.1. The van der Waals surface area contributed by atoms with Gasteiger partial charge >= 0.3 is 0 Å². The summed E-state index contributed by atoms with van der Waals surface area (Å²) >= 11 is 5.89. The molecule has 1 aromatic rings. The number of rotatable bonds is 4. The van der Waals surface area contributed by atoms with Crippen LogP contribution < -0.4 is 0 Å². The van der Waals surface area contributed by atoms with Gasteiger partial charge in [0.2, 0.25) is 0 Å². The summed E-state index contributed by atoms with van der Waals surface area (Å²) in [6.45, 7) is 9.61. The molecule has 0 unspecified atom stereocenters. The van der Waals surface area contributed by atoms with E-state index in [0.717, 1.165) is 11.1 Å². The largest absolute Gasteiger partial charge is 0.229 e. The first-order valence-electron chi connectivity index (χ1n) is 6.41. The first kappa shape index (κ1) is 16.1. The van der Waals surface area contributed by atoms with Gasteiger partial charge in [0.15, 0.2) is 5.84 Å². The Morgan fingerprint density at radius 1 is 1.15 bits per heavy atom. The van der Waals surface area contributed by atoms with Gasteiger partial charge in [-0.25, -0.2) is 9.98 Å². The highest BCUT2D eigenvalue weighted by molar-refractivity contribution is 6.65. The van der Waals surface area contributed by atoms with Crippen LogP contribution in [0.25, 0.3) is 5.70 Å². The van der Waals surface area contributed by atoms with Gasteiger partial charge in [-0.05, 0) is 26.3 Å². The summed E-state index contributed by atoms with van der Waals surface area (Å²) < 4.78 is 0. The van der Waals surface area contributed by atoms with Crippen LogP contribution in [0.15, 0.2) is 70.7 Å². The number of hydrogen-bond acceptors (Lipinski definition) is 1. The zero-order valence-corrected chi connectivity index (χ0v) is 12.9. The van der Waals surface area contributed by atoms with Crippen molar-refractivity contribution in [3.05, 3.63) is 66.3 Å². The molecule has 0 aromatic heterocycles. The van der Waals surface area contributed by atoms with Gasteiger partial charge in [-0.3, -0.25) is 0 Å². The Morgan fingerprint density at radius 2 is 1.80 bits per heavy atom. The zero-order valence-electron chi connectivity index (χ0n) is 12.1. The van der Waals surface area contributed by atoms with Crippen LogP contribution in [-0.4, -0.2) is 11.0 Å². The molecule has 0 aliphatic carbocycles. The second-order valence-corrected chi connectivity index (χ2v) is 4.65. The van der Waals surface area contributed by atoms with Crippen LogP contribution in [0.4, 0.5) is 0 Å². The van der Waals surface area contributed by atoms with E-state index in [2.05, 4.69) is 16.6 Å². The molecule has 2 nitrogen and oxygen atoms in total. The number of hydrogen-bond donors (Lipinski definition) is 0. The van der Waals surface area contributed by atoms with Gasteiger partial charge in [-0.2, -0.15) is 0 Å². The Kier molecular flexibility index (Phi) is 6.68. The molecule has 0 spiro atoms. The third-order valence-electron chi connectivity index (χ3n) is 2.52. The van der Waals surface area contributed by atoms with Crippen molar-refractivity contribution < 1.29 is 0 Å². The lowest BCUT2D eigenvalue weighted by Gasteiger charge is -2.05. The minimum atomic E-state index is 0.438. The summed E-state index contributed by atoms with van der Waals surface area (Å²) in [5.41, 5.74) is 2.53. The molecule has 0 atom stereocenters. The van der Waals surface area contributed by atoms with Crippen LogP contribution in [0.1, 0.15) is 26.3 Å². The Bertz CT molecular complexity index is 574. The first-order valence-corrected chi connectivity index (χ1v) is 6.79. The molecule has 0 heterocycles. The fourth-order valence-electron chi connectivity index (χ4n) is 1.60. The molecule has 0 bridgehead atoms. The Balaban J connectivity index is 3.21. The molecule has 0 saturated heterocycles. The minimum Gasteiger partial charge on any atom is -0.229 e. The van der Waals surface area contributed by atoms with Gasteiger partial charge in [-0.15, -0.1) is 0 Å². The molecule has 0 N–H and O–H groups in total. The summed E-state index contributed by atoms with van der Waals surface area (Å²) in [6.07, 6.45) is 5.83. The van der Waals surface area contributed by atoms with Crippen molar-refractivity contribution in [3.8, 4) is 0 Å². The molecule has 3 heteroatoms. The maximum Gasteiger partial charge on any atom is 0.160 e. The van der Waals surface area contributed by atoms with Crippen molar-refractivity contribution in [1.82, 2.24) is 0 Å². The van der Waals surface area contributed by atoms with E-state index in [1.807, 2.05) is 62.4 Å².